The number of aromatic nitrogens is 2. The van der Waals surface area contributed by atoms with Crippen LogP contribution in [0.1, 0.15) is 21.7 Å². The van der Waals surface area contributed by atoms with Crippen molar-refractivity contribution < 1.29 is 4.79 Å². The van der Waals surface area contributed by atoms with E-state index in [1.54, 1.807) is 0 Å². The lowest BCUT2D eigenvalue weighted by molar-refractivity contribution is 0.103. The number of aromatic amines is 2. The lowest BCUT2D eigenvalue weighted by atomic mass is 10.1. The summed E-state index contributed by atoms with van der Waals surface area (Å²) in [4.78, 5) is 19.0. The second-order valence-corrected chi connectivity index (χ2v) is 5.32. The van der Waals surface area contributed by atoms with Crippen molar-refractivity contribution in [3.8, 4) is 0 Å². The van der Waals surface area contributed by atoms with Crippen molar-refractivity contribution in [2.45, 2.75) is 6.92 Å². The van der Waals surface area contributed by atoms with E-state index in [0.717, 1.165) is 21.8 Å². The van der Waals surface area contributed by atoms with Crippen molar-refractivity contribution >= 4 is 27.6 Å². The number of para-hydroxylation sites is 1. The molecule has 0 amide bonds. The van der Waals surface area contributed by atoms with E-state index in [4.69, 9.17) is 0 Å². The molecule has 2 aromatic carbocycles. The van der Waals surface area contributed by atoms with Gasteiger partial charge >= 0.3 is 0 Å². The van der Waals surface area contributed by atoms with Gasteiger partial charge in [0.05, 0.1) is 11.4 Å². The minimum Gasteiger partial charge on any atom is -0.352 e. The van der Waals surface area contributed by atoms with Crippen LogP contribution in [0.5, 0.6) is 0 Å². The van der Waals surface area contributed by atoms with Crippen LogP contribution < -0.4 is 0 Å². The van der Waals surface area contributed by atoms with Crippen LogP contribution in [0.3, 0.4) is 0 Å². The molecule has 0 spiro atoms. The lowest BCUT2D eigenvalue weighted by Gasteiger charge is -1.93. The molecule has 102 valence electrons. The summed E-state index contributed by atoms with van der Waals surface area (Å²) in [6.07, 6.45) is 0. The first-order valence-corrected chi connectivity index (χ1v) is 6.93. The summed E-state index contributed by atoms with van der Waals surface area (Å²) in [7, 11) is 0. The molecule has 3 nitrogen and oxygen atoms in total. The molecule has 3 heteroatoms. The zero-order chi connectivity index (χ0) is 14.4. The highest BCUT2D eigenvalue weighted by atomic mass is 16.1. The number of nitrogens with one attached hydrogen (secondary N) is 2. The molecule has 0 saturated heterocycles. The molecular formula is C18H14N2O. The summed E-state index contributed by atoms with van der Waals surface area (Å²) in [6, 6.07) is 17.8. The number of aryl methyl sites for hydroxylation is 1. The number of carbonyl (C=O) groups is 1. The normalized spacial score (nSPS) is 11.3. The number of hydrogen-bond donors (Lipinski definition) is 2. The molecule has 0 radical (unpaired) electrons. The molecule has 4 rings (SSSR count). The highest BCUT2D eigenvalue weighted by Gasteiger charge is 2.15. The van der Waals surface area contributed by atoms with Crippen molar-refractivity contribution in [2.24, 2.45) is 0 Å². The molecule has 0 atom stereocenters. The molecule has 2 aromatic heterocycles. The predicted molar refractivity (Wildman–Crippen MR) is 84.8 cm³/mol. The van der Waals surface area contributed by atoms with Crippen molar-refractivity contribution in [3.63, 3.8) is 0 Å². The summed E-state index contributed by atoms with van der Waals surface area (Å²) >= 11 is 0. The number of carbonyl (C=O) groups excluding carboxylic acids is 1. The van der Waals surface area contributed by atoms with Gasteiger partial charge in [-0.25, -0.2) is 0 Å². The van der Waals surface area contributed by atoms with Crippen LogP contribution in [0.15, 0.2) is 54.6 Å². The Morgan fingerprint density at radius 2 is 1.57 bits per heavy atom. The van der Waals surface area contributed by atoms with Gasteiger partial charge < -0.3 is 9.97 Å². The fourth-order valence-corrected chi connectivity index (χ4v) is 2.77. The predicted octanol–water partition coefficient (Wildman–Crippen LogP) is 4.19. The molecule has 0 bridgehead atoms. The zero-order valence-electron chi connectivity index (χ0n) is 11.6. The van der Waals surface area contributed by atoms with E-state index in [-0.39, 0.29) is 5.78 Å². The maximum Gasteiger partial charge on any atom is 0.225 e. The van der Waals surface area contributed by atoms with E-state index < -0.39 is 0 Å². The zero-order valence-corrected chi connectivity index (χ0v) is 11.6. The molecule has 21 heavy (non-hydrogen) atoms. The minimum absolute atomic E-state index is 0.0122. The second kappa shape index (κ2) is 4.35. The van der Waals surface area contributed by atoms with Crippen LogP contribution in [0.4, 0.5) is 0 Å². The maximum atomic E-state index is 12.6. The highest BCUT2D eigenvalue weighted by molar-refractivity contribution is 6.11. The molecule has 0 aliphatic rings. The quantitative estimate of drug-likeness (QED) is 0.529. The topological polar surface area (TPSA) is 48.6 Å². The van der Waals surface area contributed by atoms with Crippen LogP contribution >= 0.6 is 0 Å². The van der Waals surface area contributed by atoms with Gasteiger partial charge in [-0.05, 0) is 36.8 Å². The van der Waals surface area contributed by atoms with E-state index in [0.29, 0.717) is 11.4 Å². The SMILES string of the molecule is Cc1cccc2[nH]c(C(=O)c3cc4ccccc4[nH]3)cc12. The van der Waals surface area contributed by atoms with Crippen LogP contribution in [-0.4, -0.2) is 15.8 Å². The number of H-pyrrole nitrogens is 2. The monoisotopic (exact) mass is 274 g/mol. The molecule has 4 aromatic rings. The van der Waals surface area contributed by atoms with Gasteiger partial charge in [0.25, 0.3) is 0 Å². The maximum absolute atomic E-state index is 12.6. The first kappa shape index (κ1) is 12.0. The van der Waals surface area contributed by atoms with E-state index >= 15 is 0 Å². The molecule has 0 aliphatic carbocycles. The first-order valence-electron chi connectivity index (χ1n) is 6.93. The van der Waals surface area contributed by atoms with Crippen molar-refractivity contribution in [3.05, 3.63) is 71.5 Å². The summed E-state index contributed by atoms with van der Waals surface area (Å²) in [6.45, 7) is 2.05. The summed E-state index contributed by atoms with van der Waals surface area (Å²) in [5, 5.41) is 2.14. The van der Waals surface area contributed by atoms with E-state index in [9.17, 15) is 4.79 Å². The van der Waals surface area contributed by atoms with Gasteiger partial charge in [-0.2, -0.15) is 0 Å². The smallest absolute Gasteiger partial charge is 0.225 e. The van der Waals surface area contributed by atoms with Crippen LogP contribution in [0.25, 0.3) is 21.8 Å². The van der Waals surface area contributed by atoms with Gasteiger partial charge in [0, 0.05) is 21.8 Å². The number of ketones is 1. The number of fused-ring (bicyclic) bond motifs is 2. The molecule has 2 N–H and O–H groups in total. The van der Waals surface area contributed by atoms with Crippen LogP contribution in [0, 0.1) is 6.92 Å². The summed E-state index contributed by atoms with van der Waals surface area (Å²) in [5.41, 5.74) is 4.37. The number of hydrogen-bond acceptors (Lipinski definition) is 1. The average molecular weight is 274 g/mol. The van der Waals surface area contributed by atoms with Crippen LogP contribution in [0.2, 0.25) is 0 Å². The Kier molecular flexibility index (Phi) is 2.48. The number of rotatable bonds is 2. The van der Waals surface area contributed by atoms with Gasteiger partial charge in [0.15, 0.2) is 0 Å². The summed E-state index contributed by atoms with van der Waals surface area (Å²) in [5.74, 6) is -0.0122. The Labute approximate surface area is 121 Å². The fraction of sp³-hybridized carbons (Fsp3) is 0.0556. The Morgan fingerprint density at radius 3 is 2.38 bits per heavy atom. The Hall–Kier alpha value is -2.81. The lowest BCUT2D eigenvalue weighted by Crippen LogP contribution is -2.01. The van der Waals surface area contributed by atoms with Gasteiger partial charge in [-0.1, -0.05) is 30.3 Å². The fourth-order valence-electron chi connectivity index (χ4n) is 2.77. The van der Waals surface area contributed by atoms with Gasteiger partial charge in [0.2, 0.25) is 5.78 Å². The molecule has 0 fully saturated rings. The standard InChI is InChI=1S/C18H14N2O/c1-11-5-4-8-15-13(11)10-17(20-15)18(21)16-9-12-6-2-3-7-14(12)19-16/h2-10,19-20H,1H3. The average Bonchev–Trinajstić information content (AvgIpc) is 3.11. The molecule has 0 aliphatic heterocycles. The molecular weight excluding hydrogens is 260 g/mol. The molecule has 0 unspecified atom stereocenters. The van der Waals surface area contributed by atoms with Crippen molar-refractivity contribution in [1.82, 2.24) is 9.97 Å². The third-order valence-electron chi connectivity index (χ3n) is 3.90. The third-order valence-corrected chi connectivity index (χ3v) is 3.90. The highest BCUT2D eigenvalue weighted by Crippen LogP contribution is 2.22. The minimum atomic E-state index is -0.0122. The Morgan fingerprint density at radius 1 is 0.857 bits per heavy atom. The van der Waals surface area contributed by atoms with Gasteiger partial charge in [-0.15, -0.1) is 0 Å². The van der Waals surface area contributed by atoms with Crippen LogP contribution in [-0.2, 0) is 0 Å². The molecule has 2 heterocycles. The third kappa shape index (κ3) is 1.86. The first-order chi connectivity index (χ1) is 10.2. The van der Waals surface area contributed by atoms with E-state index in [1.807, 2.05) is 61.5 Å². The Bertz CT molecular complexity index is 942. The van der Waals surface area contributed by atoms with Crippen molar-refractivity contribution in [2.75, 3.05) is 0 Å². The largest absolute Gasteiger partial charge is 0.352 e. The summed E-state index contributed by atoms with van der Waals surface area (Å²) < 4.78 is 0. The van der Waals surface area contributed by atoms with Gasteiger partial charge in [0.1, 0.15) is 0 Å². The molecule has 0 saturated carbocycles. The second-order valence-electron chi connectivity index (χ2n) is 5.32. The number of benzene rings is 2. The van der Waals surface area contributed by atoms with E-state index in [2.05, 4.69) is 9.97 Å². The van der Waals surface area contributed by atoms with Gasteiger partial charge in [-0.3, -0.25) is 4.79 Å². The Balaban J connectivity index is 1.83. The van der Waals surface area contributed by atoms with E-state index in [1.165, 1.54) is 5.56 Å². The van der Waals surface area contributed by atoms with Crippen molar-refractivity contribution in [1.29, 1.82) is 0 Å².